The van der Waals surface area contributed by atoms with Crippen molar-refractivity contribution in [3.63, 3.8) is 0 Å². The molecular weight excluding hydrogens is 314 g/mol. The lowest BCUT2D eigenvalue weighted by Crippen LogP contribution is -2.43. The maximum Gasteiger partial charge on any atom is 0.258 e. The average Bonchev–Trinajstić information content (AvgIpc) is 2.52. The molecule has 0 aliphatic carbocycles. The number of amides is 2. The van der Waals surface area contributed by atoms with Crippen LogP contribution in [0, 0.1) is 0 Å². The Hall–Kier alpha value is -2.40. The van der Waals surface area contributed by atoms with E-state index < -0.39 is 0 Å². The first-order valence-corrected chi connectivity index (χ1v) is 7.61. The number of fused-ring (bicyclic) bond motifs is 1. The van der Waals surface area contributed by atoms with E-state index in [1.165, 1.54) is 6.20 Å². The van der Waals surface area contributed by atoms with Crippen LogP contribution in [0.3, 0.4) is 0 Å². The van der Waals surface area contributed by atoms with E-state index in [1.807, 2.05) is 6.07 Å². The summed E-state index contributed by atoms with van der Waals surface area (Å²) in [7, 11) is 0. The summed E-state index contributed by atoms with van der Waals surface area (Å²) in [4.78, 5) is 28.2. The summed E-state index contributed by atoms with van der Waals surface area (Å²) in [5.74, 6) is -0.492. The van der Waals surface area contributed by atoms with Crippen LogP contribution in [0.4, 0.5) is 5.69 Å². The number of benzene rings is 1. The Balaban J connectivity index is 1.91. The van der Waals surface area contributed by atoms with Crippen LogP contribution in [-0.2, 0) is 5.41 Å². The Morgan fingerprint density at radius 2 is 2.13 bits per heavy atom. The summed E-state index contributed by atoms with van der Waals surface area (Å²) < 4.78 is 0. The summed E-state index contributed by atoms with van der Waals surface area (Å²) in [6, 6.07) is 8.60. The number of nitrogens with zero attached hydrogens (tertiary/aromatic N) is 1. The Morgan fingerprint density at radius 3 is 2.87 bits per heavy atom. The van der Waals surface area contributed by atoms with Crippen LogP contribution in [0.25, 0.3) is 0 Å². The first-order chi connectivity index (χ1) is 10.9. The number of aromatic nitrogens is 1. The van der Waals surface area contributed by atoms with Crippen molar-refractivity contribution in [2.45, 2.75) is 19.3 Å². The van der Waals surface area contributed by atoms with E-state index in [0.717, 1.165) is 5.56 Å². The Bertz CT molecular complexity index is 802. The largest absolute Gasteiger partial charge is 0.351 e. The standard InChI is InChI=1S/C17H16ClN3O2/c1-17(2)9-20-15(22)12-8-10(5-6-13(12)17)21-16(23)11-4-3-7-19-14(11)18/h3-8H,9H2,1-2H3,(H,20,22)(H,21,23). The van der Waals surface area contributed by atoms with Gasteiger partial charge in [0.25, 0.3) is 11.8 Å². The molecule has 3 rings (SSSR count). The predicted molar refractivity (Wildman–Crippen MR) is 89.0 cm³/mol. The number of anilines is 1. The van der Waals surface area contributed by atoms with E-state index in [2.05, 4.69) is 29.5 Å². The van der Waals surface area contributed by atoms with Crippen LogP contribution in [0.5, 0.6) is 0 Å². The highest BCUT2D eigenvalue weighted by atomic mass is 35.5. The number of halogens is 1. The van der Waals surface area contributed by atoms with E-state index in [-0.39, 0.29) is 27.9 Å². The van der Waals surface area contributed by atoms with Gasteiger partial charge in [-0.15, -0.1) is 0 Å². The van der Waals surface area contributed by atoms with Crippen LogP contribution in [0.15, 0.2) is 36.5 Å². The molecule has 0 fully saturated rings. The maximum atomic E-state index is 12.3. The fourth-order valence-corrected chi connectivity index (χ4v) is 2.85. The molecular formula is C17H16ClN3O2. The molecule has 1 aliphatic heterocycles. The second kappa shape index (κ2) is 5.66. The molecule has 0 saturated carbocycles. The Kier molecular flexibility index (Phi) is 3.82. The molecule has 1 aromatic heterocycles. The summed E-state index contributed by atoms with van der Waals surface area (Å²) in [5, 5.41) is 5.76. The molecule has 2 N–H and O–H groups in total. The topological polar surface area (TPSA) is 71.1 Å². The molecule has 6 heteroatoms. The van der Waals surface area contributed by atoms with E-state index in [1.54, 1.807) is 24.3 Å². The Labute approximate surface area is 139 Å². The van der Waals surface area contributed by atoms with Crippen molar-refractivity contribution in [1.82, 2.24) is 10.3 Å². The molecule has 1 aromatic carbocycles. The monoisotopic (exact) mass is 329 g/mol. The van der Waals surface area contributed by atoms with Crippen molar-refractivity contribution in [3.05, 3.63) is 58.4 Å². The van der Waals surface area contributed by atoms with Crippen molar-refractivity contribution in [2.75, 3.05) is 11.9 Å². The van der Waals surface area contributed by atoms with Gasteiger partial charge in [-0.25, -0.2) is 4.98 Å². The number of rotatable bonds is 2. The van der Waals surface area contributed by atoms with Gasteiger partial charge in [0, 0.05) is 29.4 Å². The van der Waals surface area contributed by atoms with E-state index in [4.69, 9.17) is 11.6 Å². The van der Waals surface area contributed by atoms with Crippen LogP contribution >= 0.6 is 11.6 Å². The van der Waals surface area contributed by atoms with Gasteiger partial charge in [0.1, 0.15) is 5.15 Å². The molecule has 2 heterocycles. The first kappa shape index (κ1) is 15.5. The lowest BCUT2D eigenvalue weighted by molar-refractivity contribution is 0.0928. The van der Waals surface area contributed by atoms with Gasteiger partial charge in [-0.05, 0) is 29.8 Å². The van der Waals surface area contributed by atoms with Crippen molar-refractivity contribution in [2.24, 2.45) is 0 Å². The molecule has 0 atom stereocenters. The van der Waals surface area contributed by atoms with Crippen molar-refractivity contribution in [1.29, 1.82) is 0 Å². The van der Waals surface area contributed by atoms with Gasteiger partial charge in [0.05, 0.1) is 5.56 Å². The quantitative estimate of drug-likeness (QED) is 0.832. The second-order valence-electron chi connectivity index (χ2n) is 6.12. The number of nitrogens with one attached hydrogen (secondary N) is 2. The summed E-state index contributed by atoms with van der Waals surface area (Å²) in [6.45, 7) is 4.73. The normalized spacial score (nSPS) is 15.5. The van der Waals surface area contributed by atoms with Gasteiger partial charge < -0.3 is 10.6 Å². The number of pyridine rings is 1. The molecule has 2 amide bonds. The highest BCUT2D eigenvalue weighted by Crippen LogP contribution is 2.31. The molecule has 0 radical (unpaired) electrons. The van der Waals surface area contributed by atoms with Crippen molar-refractivity contribution in [3.8, 4) is 0 Å². The van der Waals surface area contributed by atoms with Crippen LogP contribution < -0.4 is 10.6 Å². The molecule has 1 aliphatic rings. The maximum absolute atomic E-state index is 12.3. The minimum atomic E-state index is -0.362. The van der Waals surface area contributed by atoms with Crippen LogP contribution in [0.1, 0.15) is 40.1 Å². The minimum absolute atomic E-state index is 0.130. The molecule has 23 heavy (non-hydrogen) atoms. The summed E-state index contributed by atoms with van der Waals surface area (Å²) in [6.07, 6.45) is 1.52. The lowest BCUT2D eigenvalue weighted by atomic mass is 9.79. The van der Waals surface area contributed by atoms with E-state index in [0.29, 0.717) is 17.8 Å². The second-order valence-corrected chi connectivity index (χ2v) is 6.48. The highest BCUT2D eigenvalue weighted by Gasteiger charge is 2.31. The lowest BCUT2D eigenvalue weighted by Gasteiger charge is -2.32. The van der Waals surface area contributed by atoms with Crippen LogP contribution in [-0.4, -0.2) is 23.3 Å². The van der Waals surface area contributed by atoms with Gasteiger partial charge >= 0.3 is 0 Å². The first-order valence-electron chi connectivity index (χ1n) is 7.23. The van der Waals surface area contributed by atoms with Crippen molar-refractivity contribution >= 4 is 29.1 Å². The molecule has 0 saturated heterocycles. The van der Waals surface area contributed by atoms with Gasteiger partial charge in [0.15, 0.2) is 0 Å². The van der Waals surface area contributed by atoms with Gasteiger partial charge in [0.2, 0.25) is 0 Å². The molecule has 2 aromatic rings. The molecule has 118 valence electrons. The van der Waals surface area contributed by atoms with E-state index in [9.17, 15) is 9.59 Å². The van der Waals surface area contributed by atoms with Crippen molar-refractivity contribution < 1.29 is 9.59 Å². The number of hydrogen-bond donors (Lipinski definition) is 2. The zero-order valence-corrected chi connectivity index (χ0v) is 13.6. The Morgan fingerprint density at radius 1 is 1.35 bits per heavy atom. The predicted octanol–water partition coefficient (Wildman–Crippen LogP) is 3.01. The minimum Gasteiger partial charge on any atom is -0.351 e. The number of carbonyl (C=O) groups is 2. The van der Waals surface area contributed by atoms with E-state index >= 15 is 0 Å². The molecule has 0 spiro atoms. The zero-order chi connectivity index (χ0) is 16.6. The SMILES string of the molecule is CC1(C)CNC(=O)c2cc(NC(=O)c3cccnc3Cl)ccc21. The highest BCUT2D eigenvalue weighted by molar-refractivity contribution is 6.33. The molecule has 5 nitrogen and oxygen atoms in total. The summed E-state index contributed by atoms with van der Waals surface area (Å²) >= 11 is 5.93. The van der Waals surface area contributed by atoms with Crippen LogP contribution in [0.2, 0.25) is 5.15 Å². The summed E-state index contributed by atoms with van der Waals surface area (Å²) in [5.41, 5.74) is 2.24. The fourth-order valence-electron chi connectivity index (χ4n) is 2.65. The fraction of sp³-hybridized carbons (Fsp3) is 0.235. The third-order valence-corrected chi connectivity index (χ3v) is 4.25. The number of carbonyl (C=O) groups excluding carboxylic acids is 2. The van der Waals surface area contributed by atoms with Gasteiger partial charge in [-0.2, -0.15) is 0 Å². The van der Waals surface area contributed by atoms with Gasteiger partial charge in [-0.3, -0.25) is 9.59 Å². The average molecular weight is 330 g/mol. The molecule has 0 unspecified atom stereocenters. The third-order valence-electron chi connectivity index (χ3n) is 3.95. The smallest absolute Gasteiger partial charge is 0.258 e. The third kappa shape index (κ3) is 2.92. The number of hydrogen-bond acceptors (Lipinski definition) is 3. The molecule has 0 bridgehead atoms. The zero-order valence-electron chi connectivity index (χ0n) is 12.8. The van der Waals surface area contributed by atoms with Gasteiger partial charge in [-0.1, -0.05) is 31.5 Å².